The zero-order valence-electron chi connectivity index (χ0n) is 9.54. The lowest BCUT2D eigenvalue weighted by atomic mass is 10.4. The smallest absolute Gasteiger partial charge is 0.265 e. The van der Waals surface area contributed by atoms with Gasteiger partial charge in [-0.1, -0.05) is 22.0 Å². The van der Waals surface area contributed by atoms with Crippen molar-refractivity contribution in [2.75, 3.05) is 0 Å². The molecule has 0 aliphatic rings. The zero-order chi connectivity index (χ0) is 13.1. The fourth-order valence-corrected chi connectivity index (χ4v) is 2.97. The van der Waals surface area contributed by atoms with E-state index in [1.54, 1.807) is 11.8 Å². The number of nitrogens with zero attached hydrogens (tertiary/aromatic N) is 1. The molecule has 1 N–H and O–H groups in total. The van der Waals surface area contributed by atoms with Gasteiger partial charge in [-0.25, -0.2) is 4.98 Å². The van der Waals surface area contributed by atoms with Gasteiger partial charge in [0.25, 0.3) is 5.56 Å². The molecule has 0 bridgehead atoms. The third-order valence-corrected chi connectivity index (χ3v) is 4.68. The number of thioether (sulfide) groups is 1. The van der Waals surface area contributed by atoms with E-state index in [4.69, 9.17) is 0 Å². The SMILES string of the molecule is Cc1nc(CSc2cccc(Br)c2)[nH]c(=O)c1Br. The monoisotopic (exact) mass is 388 g/mol. The van der Waals surface area contributed by atoms with Crippen LogP contribution in [0.25, 0.3) is 0 Å². The second kappa shape index (κ2) is 6.04. The summed E-state index contributed by atoms with van der Waals surface area (Å²) in [7, 11) is 0. The van der Waals surface area contributed by atoms with Crippen LogP contribution in [0.1, 0.15) is 11.5 Å². The molecule has 0 fully saturated rings. The summed E-state index contributed by atoms with van der Waals surface area (Å²) < 4.78 is 1.54. The van der Waals surface area contributed by atoms with Crippen molar-refractivity contribution in [3.05, 3.63) is 55.1 Å². The first-order chi connectivity index (χ1) is 8.56. The largest absolute Gasteiger partial charge is 0.309 e. The highest BCUT2D eigenvalue weighted by atomic mass is 79.9. The third kappa shape index (κ3) is 3.46. The molecule has 18 heavy (non-hydrogen) atoms. The first-order valence-corrected chi connectivity index (χ1v) is 7.77. The topological polar surface area (TPSA) is 45.8 Å². The van der Waals surface area contributed by atoms with Crippen LogP contribution in [0.15, 0.2) is 42.9 Å². The van der Waals surface area contributed by atoms with Crippen LogP contribution in [-0.4, -0.2) is 9.97 Å². The molecule has 0 aliphatic heterocycles. The molecule has 2 rings (SSSR count). The van der Waals surface area contributed by atoms with Crippen LogP contribution in [0, 0.1) is 6.92 Å². The van der Waals surface area contributed by atoms with Gasteiger partial charge in [-0.15, -0.1) is 11.8 Å². The van der Waals surface area contributed by atoms with Crippen molar-refractivity contribution in [2.24, 2.45) is 0 Å². The number of aryl methyl sites for hydroxylation is 1. The van der Waals surface area contributed by atoms with Gasteiger partial charge in [-0.3, -0.25) is 4.79 Å². The number of halogens is 2. The molecule has 1 aromatic heterocycles. The molecule has 0 atom stereocenters. The molecule has 0 unspecified atom stereocenters. The Bertz CT molecular complexity index is 628. The average molecular weight is 390 g/mol. The van der Waals surface area contributed by atoms with Gasteiger partial charge in [-0.05, 0) is 41.1 Å². The molecule has 0 saturated carbocycles. The predicted octanol–water partition coefficient (Wildman–Crippen LogP) is 3.90. The zero-order valence-corrected chi connectivity index (χ0v) is 13.5. The van der Waals surface area contributed by atoms with Gasteiger partial charge >= 0.3 is 0 Å². The van der Waals surface area contributed by atoms with E-state index >= 15 is 0 Å². The van der Waals surface area contributed by atoms with E-state index in [1.807, 2.05) is 31.2 Å². The van der Waals surface area contributed by atoms with E-state index in [2.05, 4.69) is 41.8 Å². The fraction of sp³-hybridized carbons (Fsp3) is 0.167. The lowest BCUT2D eigenvalue weighted by Crippen LogP contribution is -2.13. The summed E-state index contributed by atoms with van der Waals surface area (Å²) in [6.45, 7) is 1.81. The van der Waals surface area contributed by atoms with Crippen LogP contribution in [-0.2, 0) is 5.75 Å². The van der Waals surface area contributed by atoms with Crippen LogP contribution in [0.3, 0.4) is 0 Å². The van der Waals surface area contributed by atoms with Crippen LogP contribution >= 0.6 is 43.6 Å². The number of nitrogens with one attached hydrogen (secondary N) is 1. The predicted molar refractivity (Wildman–Crippen MR) is 81.0 cm³/mol. The number of aromatic nitrogens is 2. The second-order valence-electron chi connectivity index (χ2n) is 3.66. The Morgan fingerprint density at radius 1 is 1.39 bits per heavy atom. The van der Waals surface area contributed by atoms with Gasteiger partial charge in [0.1, 0.15) is 10.3 Å². The minimum absolute atomic E-state index is 0.132. The molecule has 1 heterocycles. The molecule has 0 amide bonds. The van der Waals surface area contributed by atoms with Crippen molar-refractivity contribution < 1.29 is 0 Å². The Morgan fingerprint density at radius 3 is 2.83 bits per heavy atom. The molecule has 0 spiro atoms. The second-order valence-corrected chi connectivity index (χ2v) is 6.42. The molecular weight excluding hydrogens is 380 g/mol. The first-order valence-electron chi connectivity index (χ1n) is 5.20. The molecule has 0 saturated heterocycles. The standard InChI is InChI=1S/C12H10Br2N2OS/c1-7-11(14)12(17)16-10(15-7)6-18-9-4-2-3-8(13)5-9/h2-5H,6H2,1H3,(H,15,16,17). The molecule has 94 valence electrons. The summed E-state index contributed by atoms with van der Waals surface area (Å²) in [5, 5.41) is 0. The Labute approximate surface area is 126 Å². The maximum atomic E-state index is 11.6. The lowest BCUT2D eigenvalue weighted by Gasteiger charge is -2.04. The van der Waals surface area contributed by atoms with Crippen LogP contribution in [0.4, 0.5) is 0 Å². The number of hydrogen-bond donors (Lipinski definition) is 1. The van der Waals surface area contributed by atoms with Crippen molar-refractivity contribution in [2.45, 2.75) is 17.6 Å². The lowest BCUT2D eigenvalue weighted by molar-refractivity contribution is 0.954. The third-order valence-electron chi connectivity index (χ3n) is 2.25. The number of H-pyrrole nitrogens is 1. The van der Waals surface area contributed by atoms with E-state index in [0.717, 1.165) is 9.37 Å². The molecule has 0 aliphatic carbocycles. The van der Waals surface area contributed by atoms with Gasteiger partial charge in [0.05, 0.1) is 11.4 Å². The van der Waals surface area contributed by atoms with E-state index in [1.165, 1.54) is 0 Å². The summed E-state index contributed by atoms with van der Waals surface area (Å²) in [5.74, 6) is 1.32. The Morgan fingerprint density at radius 2 is 2.17 bits per heavy atom. The fourth-order valence-electron chi connectivity index (χ4n) is 1.41. The first kappa shape index (κ1) is 13.8. The van der Waals surface area contributed by atoms with Gasteiger partial charge in [-0.2, -0.15) is 0 Å². The van der Waals surface area contributed by atoms with Gasteiger partial charge < -0.3 is 4.98 Å². The van der Waals surface area contributed by atoms with Crippen LogP contribution in [0.2, 0.25) is 0 Å². The highest BCUT2D eigenvalue weighted by Gasteiger charge is 2.05. The molecule has 1 aromatic carbocycles. The highest BCUT2D eigenvalue weighted by molar-refractivity contribution is 9.10. The van der Waals surface area contributed by atoms with Crippen molar-refractivity contribution in [1.82, 2.24) is 9.97 Å². The van der Waals surface area contributed by atoms with Crippen LogP contribution in [0.5, 0.6) is 0 Å². The van der Waals surface area contributed by atoms with Gasteiger partial charge in [0, 0.05) is 9.37 Å². The van der Waals surface area contributed by atoms with Crippen molar-refractivity contribution >= 4 is 43.6 Å². The van der Waals surface area contributed by atoms with E-state index in [9.17, 15) is 4.79 Å². The average Bonchev–Trinajstić information content (AvgIpc) is 2.33. The normalized spacial score (nSPS) is 10.6. The molecular formula is C12H10Br2N2OS. The van der Waals surface area contributed by atoms with Crippen molar-refractivity contribution in [3.63, 3.8) is 0 Å². The molecule has 3 nitrogen and oxygen atoms in total. The molecule has 0 radical (unpaired) electrons. The highest BCUT2D eigenvalue weighted by Crippen LogP contribution is 2.24. The maximum absolute atomic E-state index is 11.6. The summed E-state index contributed by atoms with van der Waals surface area (Å²) in [5.41, 5.74) is 0.580. The number of benzene rings is 1. The summed E-state index contributed by atoms with van der Waals surface area (Å²) in [6.07, 6.45) is 0. The summed E-state index contributed by atoms with van der Waals surface area (Å²) in [4.78, 5) is 19.8. The summed E-state index contributed by atoms with van der Waals surface area (Å²) in [6, 6.07) is 8.02. The maximum Gasteiger partial charge on any atom is 0.265 e. The van der Waals surface area contributed by atoms with Gasteiger partial charge in [0.15, 0.2) is 0 Å². The minimum atomic E-state index is -0.132. The van der Waals surface area contributed by atoms with E-state index < -0.39 is 0 Å². The molecule has 2 aromatic rings. The van der Waals surface area contributed by atoms with Crippen molar-refractivity contribution in [3.8, 4) is 0 Å². The van der Waals surface area contributed by atoms with E-state index in [-0.39, 0.29) is 5.56 Å². The van der Waals surface area contributed by atoms with Crippen molar-refractivity contribution in [1.29, 1.82) is 0 Å². The Hall–Kier alpha value is -0.590. The number of hydrogen-bond acceptors (Lipinski definition) is 3. The van der Waals surface area contributed by atoms with E-state index in [0.29, 0.717) is 21.7 Å². The molecule has 6 heteroatoms. The number of rotatable bonds is 3. The van der Waals surface area contributed by atoms with Gasteiger partial charge in [0.2, 0.25) is 0 Å². The van der Waals surface area contributed by atoms with Crippen LogP contribution < -0.4 is 5.56 Å². The Balaban J connectivity index is 2.14. The minimum Gasteiger partial charge on any atom is -0.309 e. The number of aromatic amines is 1. The summed E-state index contributed by atoms with van der Waals surface area (Å²) >= 11 is 8.26. The quantitative estimate of drug-likeness (QED) is 0.809. The Kier molecular flexibility index (Phi) is 4.64.